The van der Waals surface area contributed by atoms with Crippen molar-refractivity contribution in [1.29, 1.82) is 0 Å². The fraction of sp³-hybridized carbons (Fsp3) is 0.385. The molecule has 4 nitrogen and oxygen atoms in total. The van der Waals surface area contributed by atoms with E-state index in [0.717, 1.165) is 24.2 Å². The average molecular weight is 232 g/mol. The molecule has 0 atom stereocenters. The van der Waals surface area contributed by atoms with Gasteiger partial charge in [0.05, 0.1) is 11.3 Å². The van der Waals surface area contributed by atoms with Crippen LogP contribution in [0, 0.1) is 0 Å². The van der Waals surface area contributed by atoms with E-state index in [2.05, 4.69) is 11.9 Å². The summed E-state index contributed by atoms with van der Waals surface area (Å²) >= 11 is 0. The lowest BCUT2D eigenvalue weighted by molar-refractivity contribution is 0.0696. The highest BCUT2D eigenvalue weighted by Crippen LogP contribution is 2.10. The molecule has 2 aromatic heterocycles. The van der Waals surface area contributed by atoms with Crippen LogP contribution in [-0.4, -0.2) is 20.5 Å². The van der Waals surface area contributed by atoms with Crippen molar-refractivity contribution in [1.82, 2.24) is 9.38 Å². The Labute approximate surface area is 99.9 Å². The Bertz CT molecular complexity index is 531. The van der Waals surface area contributed by atoms with Gasteiger partial charge in [-0.15, -0.1) is 0 Å². The van der Waals surface area contributed by atoms with Gasteiger partial charge in [-0.05, 0) is 25.0 Å². The predicted octanol–water partition coefficient (Wildman–Crippen LogP) is 2.77. The molecule has 0 aromatic carbocycles. The first kappa shape index (κ1) is 11.6. The standard InChI is InChI=1S/C13H16N2O2/c1-2-3-4-5-11-9-15-8-10(13(16)17)6-7-12(15)14-11/h6-9H,2-5H2,1H3,(H,16,17). The third kappa shape index (κ3) is 2.64. The quantitative estimate of drug-likeness (QED) is 0.806. The SMILES string of the molecule is CCCCCc1cn2cc(C(=O)O)ccc2n1. The zero-order valence-corrected chi connectivity index (χ0v) is 9.89. The molecule has 0 bridgehead atoms. The van der Waals surface area contributed by atoms with Crippen LogP contribution in [0.4, 0.5) is 0 Å². The van der Waals surface area contributed by atoms with Crippen LogP contribution in [0.3, 0.4) is 0 Å². The van der Waals surface area contributed by atoms with Gasteiger partial charge in [-0.25, -0.2) is 9.78 Å². The zero-order chi connectivity index (χ0) is 12.3. The maximum atomic E-state index is 10.8. The molecule has 2 aromatic rings. The van der Waals surface area contributed by atoms with Crippen LogP contribution in [-0.2, 0) is 6.42 Å². The summed E-state index contributed by atoms with van der Waals surface area (Å²) in [5.41, 5.74) is 2.12. The van der Waals surface area contributed by atoms with Crippen molar-refractivity contribution in [3.63, 3.8) is 0 Å². The van der Waals surface area contributed by atoms with Gasteiger partial charge in [-0.2, -0.15) is 0 Å². The number of aryl methyl sites for hydroxylation is 1. The lowest BCUT2D eigenvalue weighted by atomic mass is 10.2. The number of nitrogens with zero attached hydrogens (tertiary/aromatic N) is 2. The fourth-order valence-electron chi connectivity index (χ4n) is 1.85. The molecule has 2 heterocycles. The van der Waals surface area contributed by atoms with Crippen LogP contribution >= 0.6 is 0 Å². The molecular weight excluding hydrogens is 216 g/mol. The molecule has 90 valence electrons. The number of aromatic nitrogens is 2. The largest absolute Gasteiger partial charge is 0.478 e. The lowest BCUT2D eigenvalue weighted by Gasteiger charge is -1.95. The van der Waals surface area contributed by atoms with Gasteiger partial charge in [0, 0.05) is 12.4 Å². The Morgan fingerprint density at radius 3 is 2.88 bits per heavy atom. The number of unbranched alkanes of at least 4 members (excludes halogenated alkanes) is 2. The first-order chi connectivity index (χ1) is 8.20. The smallest absolute Gasteiger partial charge is 0.337 e. The number of carbonyl (C=O) groups is 1. The summed E-state index contributed by atoms with van der Waals surface area (Å²) in [6.07, 6.45) is 8.00. The van der Waals surface area contributed by atoms with E-state index in [0.29, 0.717) is 0 Å². The van der Waals surface area contributed by atoms with Crippen molar-refractivity contribution in [2.24, 2.45) is 0 Å². The van der Waals surface area contributed by atoms with Crippen molar-refractivity contribution < 1.29 is 9.90 Å². The second kappa shape index (κ2) is 4.99. The maximum Gasteiger partial charge on any atom is 0.337 e. The van der Waals surface area contributed by atoms with Crippen molar-refractivity contribution in [3.8, 4) is 0 Å². The third-order valence-electron chi connectivity index (χ3n) is 2.78. The highest BCUT2D eigenvalue weighted by Gasteiger charge is 2.06. The molecule has 0 unspecified atom stereocenters. The topological polar surface area (TPSA) is 54.6 Å². The first-order valence-electron chi connectivity index (χ1n) is 5.91. The number of imidazole rings is 1. The lowest BCUT2D eigenvalue weighted by Crippen LogP contribution is -1.97. The summed E-state index contributed by atoms with van der Waals surface area (Å²) in [6, 6.07) is 3.33. The van der Waals surface area contributed by atoms with E-state index in [1.54, 1.807) is 22.7 Å². The van der Waals surface area contributed by atoms with Crippen LogP contribution in [0.15, 0.2) is 24.5 Å². The average Bonchev–Trinajstić information content (AvgIpc) is 2.70. The minimum atomic E-state index is -0.909. The highest BCUT2D eigenvalue weighted by atomic mass is 16.4. The Hall–Kier alpha value is -1.84. The maximum absolute atomic E-state index is 10.8. The van der Waals surface area contributed by atoms with Gasteiger partial charge >= 0.3 is 5.97 Å². The van der Waals surface area contributed by atoms with Gasteiger partial charge in [-0.1, -0.05) is 19.8 Å². The van der Waals surface area contributed by atoms with E-state index < -0.39 is 5.97 Å². The van der Waals surface area contributed by atoms with E-state index in [4.69, 9.17) is 5.11 Å². The van der Waals surface area contributed by atoms with Gasteiger partial charge in [0.25, 0.3) is 0 Å². The van der Waals surface area contributed by atoms with Crippen molar-refractivity contribution in [2.75, 3.05) is 0 Å². The number of rotatable bonds is 5. The van der Waals surface area contributed by atoms with Crippen LogP contribution < -0.4 is 0 Å². The fourth-order valence-corrected chi connectivity index (χ4v) is 1.85. The Balaban J connectivity index is 2.21. The Morgan fingerprint density at radius 2 is 2.18 bits per heavy atom. The second-order valence-electron chi connectivity index (χ2n) is 4.18. The molecule has 0 radical (unpaired) electrons. The van der Waals surface area contributed by atoms with E-state index >= 15 is 0 Å². The minimum absolute atomic E-state index is 0.287. The molecule has 0 aliphatic heterocycles. The number of carboxylic acid groups (broad SMARTS) is 1. The Morgan fingerprint density at radius 1 is 1.35 bits per heavy atom. The van der Waals surface area contributed by atoms with E-state index in [9.17, 15) is 4.79 Å². The molecule has 0 spiro atoms. The summed E-state index contributed by atoms with van der Waals surface area (Å²) in [5.74, 6) is -0.909. The predicted molar refractivity (Wildman–Crippen MR) is 65.4 cm³/mol. The van der Waals surface area contributed by atoms with Crippen molar-refractivity contribution in [3.05, 3.63) is 35.8 Å². The second-order valence-corrected chi connectivity index (χ2v) is 4.18. The minimum Gasteiger partial charge on any atom is -0.478 e. The van der Waals surface area contributed by atoms with Gasteiger partial charge < -0.3 is 9.51 Å². The first-order valence-corrected chi connectivity index (χ1v) is 5.91. The molecule has 2 rings (SSSR count). The van der Waals surface area contributed by atoms with Crippen LogP contribution in [0.1, 0.15) is 42.2 Å². The van der Waals surface area contributed by atoms with E-state index in [-0.39, 0.29) is 5.56 Å². The van der Waals surface area contributed by atoms with Gasteiger partial charge in [0.1, 0.15) is 5.65 Å². The zero-order valence-electron chi connectivity index (χ0n) is 9.89. The van der Waals surface area contributed by atoms with Gasteiger partial charge in [0.2, 0.25) is 0 Å². The number of hydrogen-bond donors (Lipinski definition) is 1. The summed E-state index contributed by atoms with van der Waals surface area (Å²) in [7, 11) is 0. The number of hydrogen-bond acceptors (Lipinski definition) is 2. The highest BCUT2D eigenvalue weighted by molar-refractivity contribution is 5.87. The Kier molecular flexibility index (Phi) is 3.42. The van der Waals surface area contributed by atoms with E-state index in [1.807, 2.05) is 6.20 Å². The summed E-state index contributed by atoms with van der Waals surface area (Å²) < 4.78 is 1.78. The number of fused-ring (bicyclic) bond motifs is 1. The molecule has 0 saturated heterocycles. The molecule has 4 heteroatoms. The molecule has 0 aliphatic rings. The molecule has 0 amide bonds. The summed E-state index contributed by atoms with van der Waals surface area (Å²) in [5, 5.41) is 8.89. The third-order valence-corrected chi connectivity index (χ3v) is 2.78. The monoisotopic (exact) mass is 232 g/mol. The number of carboxylic acids is 1. The van der Waals surface area contributed by atoms with Crippen molar-refractivity contribution >= 4 is 11.6 Å². The van der Waals surface area contributed by atoms with Gasteiger partial charge in [-0.3, -0.25) is 0 Å². The molecule has 17 heavy (non-hydrogen) atoms. The molecule has 1 N–H and O–H groups in total. The number of pyridine rings is 1. The van der Waals surface area contributed by atoms with Crippen LogP contribution in [0.5, 0.6) is 0 Å². The van der Waals surface area contributed by atoms with Crippen molar-refractivity contribution in [2.45, 2.75) is 32.6 Å². The van der Waals surface area contributed by atoms with E-state index in [1.165, 1.54) is 12.8 Å². The summed E-state index contributed by atoms with van der Waals surface area (Å²) in [4.78, 5) is 15.3. The van der Waals surface area contributed by atoms with Gasteiger partial charge in [0.15, 0.2) is 0 Å². The molecule has 0 fully saturated rings. The number of aromatic carboxylic acids is 1. The molecule has 0 saturated carbocycles. The van der Waals surface area contributed by atoms with Crippen LogP contribution in [0.2, 0.25) is 0 Å². The molecular formula is C13H16N2O2. The normalized spacial score (nSPS) is 10.9. The summed E-state index contributed by atoms with van der Waals surface area (Å²) in [6.45, 7) is 2.17. The molecule has 0 aliphatic carbocycles. The van der Waals surface area contributed by atoms with Crippen LogP contribution in [0.25, 0.3) is 5.65 Å².